The van der Waals surface area contributed by atoms with Crippen molar-refractivity contribution in [2.75, 3.05) is 16.8 Å². The third-order valence-electron chi connectivity index (χ3n) is 7.32. The van der Waals surface area contributed by atoms with E-state index in [4.69, 9.17) is 14.5 Å². The third-order valence-corrected chi connectivity index (χ3v) is 7.32. The highest BCUT2D eigenvalue weighted by Crippen LogP contribution is 2.26. The summed E-state index contributed by atoms with van der Waals surface area (Å²) < 4.78 is 7.70. The van der Waals surface area contributed by atoms with Gasteiger partial charge in [-0.05, 0) is 30.4 Å². The fourth-order valence-electron chi connectivity index (χ4n) is 5.38. The van der Waals surface area contributed by atoms with Gasteiger partial charge in [-0.3, -0.25) is 4.68 Å². The molecule has 0 fully saturated rings. The first kappa shape index (κ1) is 22.6. The first-order valence-electron chi connectivity index (χ1n) is 13.0. The molecule has 0 atom stereocenters. The molecule has 4 aromatic heterocycles. The van der Waals surface area contributed by atoms with E-state index in [1.807, 2.05) is 23.3 Å². The largest absolute Gasteiger partial charge is 0.432 e. The summed E-state index contributed by atoms with van der Waals surface area (Å²) in [5, 5.41) is 19.4. The Morgan fingerprint density at radius 3 is 2.66 bits per heavy atom. The average Bonchev–Trinajstić information content (AvgIpc) is 3.74. The Labute approximate surface area is 219 Å². The van der Waals surface area contributed by atoms with Gasteiger partial charge in [0.1, 0.15) is 17.7 Å². The van der Waals surface area contributed by atoms with E-state index >= 15 is 0 Å². The lowest BCUT2D eigenvalue weighted by Gasteiger charge is -2.23. The summed E-state index contributed by atoms with van der Waals surface area (Å²) in [6.07, 6.45) is 11.1. The lowest BCUT2D eigenvalue weighted by Crippen LogP contribution is -2.30. The summed E-state index contributed by atoms with van der Waals surface area (Å²) in [7, 11) is 0. The first-order valence-corrected chi connectivity index (χ1v) is 13.0. The van der Waals surface area contributed by atoms with E-state index in [-0.39, 0.29) is 0 Å². The highest BCUT2D eigenvalue weighted by molar-refractivity contribution is 5.64. The molecule has 38 heavy (non-hydrogen) atoms. The van der Waals surface area contributed by atoms with Crippen LogP contribution in [0, 0.1) is 0 Å². The molecule has 0 amide bonds. The molecule has 5 heterocycles. The maximum atomic E-state index is 5.79. The van der Waals surface area contributed by atoms with Gasteiger partial charge in [0, 0.05) is 48.7 Å². The van der Waals surface area contributed by atoms with E-state index in [0.29, 0.717) is 31.1 Å². The molecule has 11 nitrogen and oxygen atoms in total. The SMILES string of the molecule is CCc1nn(Cc2coc(N3CCc4n[nH]nc4C3)n2)cc1-c1cnc(NC2Cc3ccccc3C2)nc1. The van der Waals surface area contributed by atoms with Gasteiger partial charge in [-0.2, -0.15) is 25.5 Å². The quantitative estimate of drug-likeness (QED) is 0.341. The van der Waals surface area contributed by atoms with E-state index in [1.54, 1.807) is 6.26 Å². The smallest absolute Gasteiger partial charge is 0.297 e. The molecule has 0 radical (unpaired) electrons. The topological polar surface area (TPSA) is 126 Å². The number of oxazole rings is 1. The number of nitrogens with zero attached hydrogens (tertiary/aromatic N) is 8. The number of benzene rings is 1. The summed E-state index contributed by atoms with van der Waals surface area (Å²) in [6, 6.07) is 9.52. The molecule has 2 aliphatic rings. The van der Waals surface area contributed by atoms with E-state index in [0.717, 1.165) is 66.1 Å². The van der Waals surface area contributed by atoms with Crippen LogP contribution in [0.1, 0.15) is 40.8 Å². The third kappa shape index (κ3) is 4.29. The van der Waals surface area contributed by atoms with Crippen LogP contribution in [-0.2, 0) is 38.8 Å². The molecule has 7 rings (SSSR count). The lowest BCUT2D eigenvalue weighted by molar-refractivity contribution is 0.520. The van der Waals surface area contributed by atoms with Crippen LogP contribution in [0.3, 0.4) is 0 Å². The minimum Gasteiger partial charge on any atom is -0.432 e. The number of aromatic amines is 1. The van der Waals surface area contributed by atoms with Crippen molar-refractivity contribution < 1.29 is 4.42 Å². The van der Waals surface area contributed by atoms with Crippen LogP contribution in [0.2, 0.25) is 0 Å². The molecule has 11 heteroatoms. The summed E-state index contributed by atoms with van der Waals surface area (Å²) in [6.45, 7) is 4.05. The summed E-state index contributed by atoms with van der Waals surface area (Å²) >= 11 is 0. The molecule has 192 valence electrons. The van der Waals surface area contributed by atoms with Gasteiger partial charge in [0.25, 0.3) is 6.01 Å². The normalized spacial score (nSPS) is 15.0. The number of fused-ring (bicyclic) bond motifs is 2. The lowest BCUT2D eigenvalue weighted by atomic mass is 10.1. The second-order valence-electron chi connectivity index (χ2n) is 9.86. The van der Waals surface area contributed by atoms with Crippen molar-refractivity contribution >= 4 is 12.0 Å². The molecule has 0 spiro atoms. The fraction of sp³-hybridized carbons (Fsp3) is 0.333. The Bertz CT molecular complexity index is 1540. The Balaban J connectivity index is 1.03. The van der Waals surface area contributed by atoms with Gasteiger partial charge < -0.3 is 14.6 Å². The molecule has 2 N–H and O–H groups in total. The zero-order valence-corrected chi connectivity index (χ0v) is 21.1. The molecule has 1 aliphatic carbocycles. The molecule has 0 saturated heterocycles. The number of H-pyrrole nitrogens is 1. The van der Waals surface area contributed by atoms with Crippen LogP contribution >= 0.6 is 0 Å². The molecule has 5 aromatic rings. The minimum atomic E-state index is 0.322. The maximum Gasteiger partial charge on any atom is 0.297 e. The number of aromatic nitrogens is 8. The Morgan fingerprint density at radius 1 is 1.08 bits per heavy atom. The van der Waals surface area contributed by atoms with Crippen LogP contribution in [0.15, 0.2) is 53.5 Å². The molecule has 0 bridgehead atoms. The average molecular weight is 509 g/mol. The number of anilines is 2. The van der Waals surface area contributed by atoms with Crippen molar-refractivity contribution in [1.29, 1.82) is 0 Å². The van der Waals surface area contributed by atoms with E-state index in [1.165, 1.54) is 11.1 Å². The predicted molar refractivity (Wildman–Crippen MR) is 141 cm³/mol. The number of rotatable bonds is 7. The Hall–Kier alpha value is -4.54. The molecular weight excluding hydrogens is 480 g/mol. The molecular formula is C27H28N10O. The van der Waals surface area contributed by atoms with Gasteiger partial charge in [0.2, 0.25) is 5.95 Å². The van der Waals surface area contributed by atoms with Gasteiger partial charge in [0.15, 0.2) is 0 Å². The second-order valence-corrected chi connectivity index (χ2v) is 9.86. The van der Waals surface area contributed by atoms with Crippen molar-refractivity contribution in [2.24, 2.45) is 0 Å². The van der Waals surface area contributed by atoms with Gasteiger partial charge in [-0.25, -0.2) is 9.97 Å². The molecule has 1 aliphatic heterocycles. The number of hydrogen-bond acceptors (Lipinski definition) is 9. The number of nitrogens with one attached hydrogen (secondary N) is 2. The van der Waals surface area contributed by atoms with Crippen molar-refractivity contribution in [1.82, 2.24) is 40.1 Å². The van der Waals surface area contributed by atoms with Crippen LogP contribution < -0.4 is 10.2 Å². The predicted octanol–water partition coefficient (Wildman–Crippen LogP) is 3.20. The highest BCUT2D eigenvalue weighted by atomic mass is 16.4. The van der Waals surface area contributed by atoms with Crippen molar-refractivity contribution in [3.05, 3.63) is 83.0 Å². The molecule has 1 aromatic carbocycles. The van der Waals surface area contributed by atoms with Gasteiger partial charge in [-0.15, -0.1) is 0 Å². The maximum absolute atomic E-state index is 5.79. The fourth-order valence-corrected chi connectivity index (χ4v) is 5.38. The van der Waals surface area contributed by atoms with Gasteiger partial charge >= 0.3 is 0 Å². The summed E-state index contributed by atoms with van der Waals surface area (Å²) in [5.74, 6) is 0.655. The highest BCUT2D eigenvalue weighted by Gasteiger charge is 2.24. The van der Waals surface area contributed by atoms with Gasteiger partial charge in [0.05, 0.1) is 24.5 Å². The molecule has 0 saturated carbocycles. The van der Waals surface area contributed by atoms with E-state index in [9.17, 15) is 0 Å². The van der Waals surface area contributed by atoms with E-state index < -0.39 is 0 Å². The monoisotopic (exact) mass is 508 g/mol. The number of aryl methyl sites for hydroxylation is 1. The molecule has 0 unspecified atom stereocenters. The van der Waals surface area contributed by atoms with Crippen LogP contribution in [0.25, 0.3) is 11.1 Å². The summed E-state index contributed by atoms with van der Waals surface area (Å²) in [5.41, 5.74) is 8.56. The Morgan fingerprint density at radius 2 is 1.87 bits per heavy atom. The summed E-state index contributed by atoms with van der Waals surface area (Å²) in [4.78, 5) is 16.0. The van der Waals surface area contributed by atoms with Crippen LogP contribution in [0.5, 0.6) is 0 Å². The Kier molecular flexibility index (Phi) is 5.60. The van der Waals surface area contributed by atoms with Gasteiger partial charge in [-0.1, -0.05) is 31.2 Å². The standard InChI is InChI=1S/C27H28N10O/c1-2-23-22(19-11-28-26(29-12-19)30-20-9-17-5-3-4-6-18(17)10-20)14-37(34-23)13-21-16-38-27(31-21)36-8-7-24-25(15-36)33-35-32-24/h3-6,11-12,14,16,20H,2,7-10,13,15H2,1H3,(H,28,29,30)(H,32,33,35). The zero-order chi connectivity index (χ0) is 25.5. The second kappa shape index (κ2) is 9.40. The zero-order valence-electron chi connectivity index (χ0n) is 21.1. The van der Waals surface area contributed by atoms with E-state index in [2.05, 4.69) is 66.8 Å². The van der Waals surface area contributed by atoms with Crippen molar-refractivity contribution in [2.45, 2.75) is 51.7 Å². The van der Waals surface area contributed by atoms with Crippen LogP contribution in [0.4, 0.5) is 12.0 Å². The minimum absolute atomic E-state index is 0.322. The van der Waals surface area contributed by atoms with Crippen molar-refractivity contribution in [3.8, 4) is 11.1 Å². The van der Waals surface area contributed by atoms with Crippen LogP contribution in [-0.4, -0.2) is 52.7 Å². The van der Waals surface area contributed by atoms with Crippen molar-refractivity contribution in [3.63, 3.8) is 0 Å². The number of hydrogen-bond donors (Lipinski definition) is 2. The first-order chi connectivity index (χ1) is 18.7.